The molecule has 0 bridgehead atoms. The molecule has 0 saturated carbocycles. The van der Waals surface area contributed by atoms with Gasteiger partial charge in [-0.05, 0) is 62.2 Å². The van der Waals surface area contributed by atoms with Crippen molar-refractivity contribution in [1.82, 2.24) is 10.2 Å². The molecule has 1 heterocycles. The van der Waals surface area contributed by atoms with Crippen molar-refractivity contribution in [3.8, 4) is 0 Å². The zero-order valence-electron chi connectivity index (χ0n) is 12.8. The maximum Gasteiger partial charge on any atom is 0.0221 e. The molecule has 1 aliphatic heterocycles. The Kier molecular flexibility index (Phi) is 4.74. The molecule has 1 aliphatic carbocycles. The van der Waals surface area contributed by atoms with Crippen LogP contribution in [0.3, 0.4) is 0 Å². The van der Waals surface area contributed by atoms with Crippen molar-refractivity contribution < 1.29 is 0 Å². The van der Waals surface area contributed by atoms with Crippen molar-refractivity contribution in [2.45, 2.75) is 51.0 Å². The fourth-order valence-corrected chi connectivity index (χ4v) is 4.01. The van der Waals surface area contributed by atoms with E-state index in [0.29, 0.717) is 0 Å². The first kappa shape index (κ1) is 14.1. The Morgan fingerprint density at radius 3 is 2.90 bits per heavy atom. The number of hydrogen-bond acceptors (Lipinski definition) is 2. The maximum absolute atomic E-state index is 3.56. The van der Waals surface area contributed by atoms with Gasteiger partial charge in [-0.2, -0.15) is 0 Å². The smallest absolute Gasteiger partial charge is 0.0221 e. The maximum atomic E-state index is 3.56. The predicted molar refractivity (Wildman–Crippen MR) is 85.3 cm³/mol. The van der Waals surface area contributed by atoms with Crippen LogP contribution in [0, 0.1) is 0 Å². The summed E-state index contributed by atoms with van der Waals surface area (Å²) in [5, 5.41) is 3.56. The molecule has 0 aromatic heterocycles. The van der Waals surface area contributed by atoms with E-state index < -0.39 is 0 Å². The SMILES string of the molecule is CCN(CC1CCCc2ccccc21)C1CCCNC1. The van der Waals surface area contributed by atoms with Crippen molar-refractivity contribution in [2.75, 3.05) is 26.2 Å². The minimum Gasteiger partial charge on any atom is -0.315 e. The van der Waals surface area contributed by atoms with Crippen LogP contribution in [0.25, 0.3) is 0 Å². The monoisotopic (exact) mass is 272 g/mol. The lowest BCUT2D eigenvalue weighted by molar-refractivity contribution is 0.160. The lowest BCUT2D eigenvalue weighted by atomic mass is 9.82. The van der Waals surface area contributed by atoms with Crippen LogP contribution in [0.5, 0.6) is 0 Å². The van der Waals surface area contributed by atoms with E-state index in [1.54, 1.807) is 11.1 Å². The Labute approximate surface area is 123 Å². The molecular formula is C18H28N2. The number of likely N-dealkylation sites (N-methyl/N-ethyl adjacent to an activating group) is 1. The van der Waals surface area contributed by atoms with Crippen LogP contribution in [0.4, 0.5) is 0 Å². The van der Waals surface area contributed by atoms with E-state index in [0.717, 1.165) is 12.0 Å². The zero-order valence-corrected chi connectivity index (χ0v) is 12.8. The highest BCUT2D eigenvalue weighted by atomic mass is 15.2. The standard InChI is InChI=1S/C18H28N2/c1-2-20(17-10-6-12-19-13-17)14-16-9-5-8-15-7-3-4-11-18(15)16/h3-4,7,11,16-17,19H,2,5-6,8-10,12-14H2,1H3. The number of nitrogens with zero attached hydrogens (tertiary/aromatic N) is 1. The van der Waals surface area contributed by atoms with Gasteiger partial charge >= 0.3 is 0 Å². The molecule has 110 valence electrons. The van der Waals surface area contributed by atoms with Gasteiger partial charge in [-0.3, -0.25) is 4.90 Å². The number of nitrogens with one attached hydrogen (secondary N) is 1. The van der Waals surface area contributed by atoms with Gasteiger partial charge in [0.05, 0.1) is 0 Å². The molecule has 0 radical (unpaired) electrons. The third-order valence-corrected chi connectivity index (χ3v) is 5.14. The second kappa shape index (κ2) is 6.73. The molecule has 2 unspecified atom stereocenters. The van der Waals surface area contributed by atoms with Crippen molar-refractivity contribution >= 4 is 0 Å². The van der Waals surface area contributed by atoms with E-state index >= 15 is 0 Å². The lowest BCUT2D eigenvalue weighted by Crippen LogP contribution is -2.47. The van der Waals surface area contributed by atoms with Gasteiger partial charge < -0.3 is 5.32 Å². The van der Waals surface area contributed by atoms with Gasteiger partial charge in [-0.25, -0.2) is 0 Å². The van der Waals surface area contributed by atoms with Gasteiger partial charge in [0.2, 0.25) is 0 Å². The molecule has 1 aromatic rings. The minimum atomic E-state index is 0.752. The Morgan fingerprint density at radius 2 is 2.10 bits per heavy atom. The van der Waals surface area contributed by atoms with Crippen LogP contribution in [-0.2, 0) is 6.42 Å². The van der Waals surface area contributed by atoms with Crippen LogP contribution in [0.1, 0.15) is 49.7 Å². The number of fused-ring (bicyclic) bond motifs is 1. The summed E-state index contributed by atoms with van der Waals surface area (Å²) in [7, 11) is 0. The van der Waals surface area contributed by atoms with Crippen molar-refractivity contribution in [2.24, 2.45) is 0 Å². The molecule has 2 nitrogen and oxygen atoms in total. The van der Waals surface area contributed by atoms with Crippen LogP contribution in [0.2, 0.25) is 0 Å². The van der Waals surface area contributed by atoms with E-state index in [-0.39, 0.29) is 0 Å². The average molecular weight is 272 g/mol. The average Bonchev–Trinajstić information content (AvgIpc) is 2.53. The second-order valence-corrected chi connectivity index (χ2v) is 6.38. The van der Waals surface area contributed by atoms with Crippen LogP contribution < -0.4 is 5.32 Å². The van der Waals surface area contributed by atoms with Crippen molar-refractivity contribution in [3.05, 3.63) is 35.4 Å². The van der Waals surface area contributed by atoms with Crippen molar-refractivity contribution in [3.63, 3.8) is 0 Å². The summed E-state index contributed by atoms with van der Waals surface area (Å²) < 4.78 is 0. The molecule has 1 N–H and O–H groups in total. The molecule has 2 aliphatic rings. The first-order valence-corrected chi connectivity index (χ1v) is 8.41. The molecule has 1 saturated heterocycles. The molecule has 20 heavy (non-hydrogen) atoms. The summed E-state index contributed by atoms with van der Waals surface area (Å²) >= 11 is 0. The highest BCUT2D eigenvalue weighted by Gasteiger charge is 2.26. The summed E-state index contributed by atoms with van der Waals surface area (Å²) in [5.74, 6) is 0.752. The Balaban J connectivity index is 1.70. The summed E-state index contributed by atoms with van der Waals surface area (Å²) in [5.41, 5.74) is 3.22. The molecule has 3 rings (SSSR count). The fraction of sp³-hybridized carbons (Fsp3) is 0.667. The van der Waals surface area contributed by atoms with Crippen LogP contribution >= 0.6 is 0 Å². The van der Waals surface area contributed by atoms with E-state index in [2.05, 4.69) is 41.4 Å². The Hall–Kier alpha value is -0.860. The summed E-state index contributed by atoms with van der Waals surface area (Å²) in [6.07, 6.45) is 6.72. The fourth-order valence-electron chi connectivity index (χ4n) is 4.01. The third kappa shape index (κ3) is 3.07. The molecule has 2 atom stereocenters. The summed E-state index contributed by atoms with van der Waals surface area (Å²) in [4.78, 5) is 2.72. The largest absolute Gasteiger partial charge is 0.315 e. The zero-order chi connectivity index (χ0) is 13.8. The van der Waals surface area contributed by atoms with Crippen LogP contribution in [0.15, 0.2) is 24.3 Å². The molecule has 1 aromatic carbocycles. The first-order chi connectivity index (χ1) is 9.88. The third-order valence-electron chi connectivity index (χ3n) is 5.14. The Morgan fingerprint density at radius 1 is 1.20 bits per heavy atom. The number of hydrogen-bond donors (Lipinski definition) is 1. The topological polar surface area (TPSA) is 15.3 Å². The van der Waals surface area contributed by atoms with Gasteiger partial charge in [-0.1, -0.05) is 31.2 Å². The van der Waals surface area contributed by atoms with Gasteiger partial charge in [0, 0.05) is 19.1 Å². The Bertz CT molecular complexity index is 423. The quantitative estimate of drug-likeness (QED) is 0.905. The number of benzene rings is 1. The van der Waals surface area contributed by atoms with E-state index in [1.165, 1.54) is 58.3 Å². The van der Waals surface area contributed by atoms with Gasteiger partial charge in [0.15, 0.2) is 0 Å². The molecular weight excluding hydrogens is 244 g/mol. The second-order valence-electron chi connectivity index (χ2n) is 6.38. The highest BCUT2D eigenvalue weighted by Crippen LogP contribution is 2.32. The summed E-state index contributed by atoms with van der Waals surface area (Å²) in [6, 6.07) is 9.87. The van der Waals surface area contributed by atoms with E-state index in [1.807, 2.05) is 0 Å². The molecule has 1 fully saturated rings. The minimum absolute atomic E-state index is 0.752. The molecule has 0 amide bonds. The van der Waals surface area contributed by atoms with Gasteiger partial charge in [-0.15, -0.1) is 0 Å². The normalized spacial score (nSPS) is 26.5. The van der Waals surface area contributed by atoms with Gasteiger partial charge in [0.25, 0.3) is 0 Å². The molecule has 2 heteroatoms. The predicted octanol–water partition coefficient (Wildman–Crippen LogP) is 3.18. The van der Waals surface area contributed by atoms with Crippen LogP contribution in [-0.4, -0.2) is 37.1 Å². The molecule has 0 spiro atoms. The van der Waals surface area contributed by atoms with E-state index in [4.69, 9.17) is 0 Å². The lowest BCUT2D eigenvalue weighted by Gasteiger charge is -2.37. The van der Waals surface area contributed by atoms with E-state index in [9.17, 15) is 0 Å². The van der Waals surface area contributed by atoms with Gasteiger partial charge in [0.1, 0.15) is 0 Å². The number of rotatable bonds is 4. The van der Waals surface area contributed by atoms with Crippen molar-refractivity contribution in [1.29, 1.82) is 0 Å². The number of aryl methyl sites for hydroxylation is 1. The highest BCUT2D eigenvalue weighted by molar-refractivity contribution is 5.32. The summed E-state index contributed by atoms with van der Waals surface area (Å²) in [6.45, 7) is 7.15. The number of piperidine rings is 1. The first-order valence-electron chi connectivity index (χ1n) is 8.41.